The van der Waals surface area contributed by atoms with Gasteiger partial charge in [-0.05, 0) is 12.1 Å². The molecule has 152 valence electrons. The predicted octanol–water partition coefficient (Wildman–Crippen LogP) is -5.58. The minimum atomic E-state index is -4.89. The number of rotatable bonds is 4. The van der Waals surface area contributed by atoms with E-state index in [1.54, 1.807) is 0 Å². The van der Waals surface area contributed by atoms with E-state index >= 15 is 0 Å². The van der Waals surface area contributed by atoms with Crippen molar-refractivity contribution in [2.45, 2.75) is 9.79 Å². The average molecular weight is 482 g/mol. The maximum absolute atomic E-state index is 10.5. The van der Waals surface area contributed by atoms with Crippen molar-refractivity contribution in [2.75, 3.05) is 0 Å². The fraction of sp³-hybridized carbons (Fsp3) is 0. The van der Waals surface area contributed by atoms with Gasteiger partial charge in [-0.3, -0.25) is 20.2 Å². The maximum atomic E-state index is 10.5. The van der Waals surface area contributed by atoms with Gasteiger partial charge in [0.15, 0.2) is 0 Å². The van der Waals surface area contributed by atoms with Gasteiger partial charge in [-0.1, -0.05) is 0 Å². The molecule has 0 aromatic heterocycles. The van der Waals surface area contributed by atoms with E-state index in [0.29, 0.717) is 12.1 Å². The average Bonchev–Trinajstić information content (AvgIpc) is 2.53. The van der Waals surface area contributed by atoms with Crippen LogP contribution in [-0.2, 0) is 20.2 Å². The summed E-state index contributed by atoms with van der Waals surface area (Å²) in [7, 11) is -9.79. The number of nitrogens with zero attached hydrogens (tertiary/aromatic N) is 2. The molecule has 0 radical (unpaired) electrons. The normalized spacial score (nSPS) is 10.5. The molecule has 0 atom stereocenters. The van der Waals surface area contributed by atoms with Gasteiger partial charge in [0.25, 0.3) is 11.4 Å². The van der Waals surface area contributed by atoms with E-state index in [0.717, 1.165) is 24.3 Å². The van der Waals surface area contributed by atoms with Gasteiger partial charge in [-0.2, -0.15) is 0 Å². The second-order valence-corrected chi connectivity index (χ2v) is 7.42. The van der Waals surface area contributed by atoms with E-state index < -0.39 is 62.7 Å². The van der Waals surface area contributed by atoms with Crippen molar-refractivity contribution in [3.63, 3.8) is 0 Å². The molecule has 0 bridgehead atoms. The zero-order chi connectivity index (χ0) is 21.9. The van der Waals surface area contributed by atoms with Gasteiger partial charge >= 0.3 is 59.1 Å². The first-order valence-electron chi connectivity index (χ1n) is 6.51. The predicted molar refractivity (Wildman–Crippen MR) is 85.4 cm³/mol. The molecule has 0 aliphatic heterocycles. The quantitative estimate of drug-likeness (QED) is 0.179. The molecule has 0 heterocycles. The fourth-order valence-corrected chi connectivity index (χ4v) is 2.81. The Labute approximate surface area is 212 Å². The van der Waals surface area contributed by atoms with Crippen molar-refractivity contribution in [1.29, 1.82) is 0 Å². The zero-order valence-corrected chi connectivity index (χ0v) is 20.8. The molecule has 18 heteroatoms. The van der Waals surface area contributed by atoms with Gasteiger partial charge in [-0.25, -0.2) is 16.8 Å². The molecule has 0 aliphatic carbocycles. The van der Waals surface area contributed by atoms with Gasteiger partial charge in [0, 0.05) is 24.3 Å². The molecule has 30 heavy (non-hydrogen) atoms. The topological polar surface area (TPSA) is 241 Å². The third-order valence-corrected chi connectivity index (χ3v) is 4.58. The number of phenols is 2. The zero-order valence-electron chi connectivity index (χ0n) is 15.2. The minimum absolute atomic E-state index is 0. The second-order valence-electron chi connectivity index (χ2n) is 4.73. The van der Waals surface area contributed by atoms with Gasteiger partial charge < -0.3 is 19.3 Å². The molecule has 0 spiro atoms. The van der Waals surface area contributed by atoms with E-state index in [9.17, 15) is 46.2 Å². The molecule has 2 aromatic rings. The number of non-ortho nitro benzene ring substituents is 2. The second kappa shape index (κ2) is 11.9. The standard InChI is InChI=1S/2C6H5NO6S.2Na/c2*8-5-2-1-4(7(9)10)3-6(5)14(11,12)13;;/h2*1-3,8H,(H,11,12,13);;/q;;2*+1/p-2. The summed E-state index contributed by atoms with van der Waals surface area (Å²) in [6.45, 7) is 0. The number of aromatic hydroxyl groups is 2. The Morgan fingerprint density at radius 3 is 1.13 bits per heavy atom. The van der Waals surface area contributed by atoms with Crippen LogP contribution in [0.15, 0.2) is 46.2 Å². The Balaban J connectivity index is 0. The molecule has 0 unspecified atom stereocenters. The van der Waals surface area contributed by atoms with Crippen LogP contribution in [0.1, 0.15) is 0 Å². The van der Waals surface area contributed by atoms with Crippen molar-refractivity contribution in [3.8, 4) is 11.5 Å². The maximum Gasteiger partial charge on any atom is 1.00 e. The summed E-state index contributed by atoms with van der Waals surface area (Å²) < 4.78 is 62.9. The number of phenolic OH excluding ortho intramolecular Hbond substituents is 2. The minimum Gasteiger partial charge on any atom is -0.744 e. The molecule has 2 rings (SSSR count). The molecule has 0 aliphatic rings. The number of hydrogen-bond acceptors (Lipinski definition) is 12. The molecular formula is C12H8N2Na2O12S2. The molecule has 2 N–H and O–H groups in total. The SMILES string of the molecule is O=[N+]([O-])c1ccc(O)c(S(=O)(=O)[O-])c1.O=[N+]([O-])c1ccc(O)c(S(=O)(=O)[O-])c1.[Na+].[Na+]. The van der Waals surface area contributed by atoms with E-state index in [1.807, 2.05) is 0 Å². The molecule has 0 saturated carbocycles. The molecule has 2 aromatic carbocycles. The smallest absolute Gasteiger partial charge is 0.744 e. The van der Waals surface area contributed by atoms with E-state index in [-0.39, 0.29) is 59.1 Å². The third-order valence-electron chi connectivity index (χ3n) is 2.85. The van der Waals surface area contributed by atoms with Crippen LogP contribution in [0.25, 0.3) is 0 Å². The van der Waals surface area contributed by atoms with Crippen molar-refractivity contribution < 1.29 is 105 Å². The molecule has 14 nitrogen and oxygen atoms in total. The van der Waals surface area contributed by atoms with Crippen molar-refractivity contribution >= 4 is 31.6 Å². The van der Waals surface area contributed by atoms with Crippen LogP contribution in [0.3, 0.4) is 0 Å². The first-order valence-corrected chi connectivity index (χ1v) is 9.33. The number of hydrogen-bond donors (Lipinski definition) is 2. The Morgan fingerprint density at radius 1 is 0.667 bits per heavy atom. The van der Waals surface area contributed by atoms with Gasteiger partial charge in [0.1, 0.15) is 41.5 Å². The van der Waals surface area contributed by atoms with E-state index in [4.69, 9.17) is 10.2 Å². The van der Waals surface area contributed by atoms with Crippen LogP contribution < -0.4 is 59.1 Å². The largest absolute Gasteiger partial charge is 1.00 e. The summed E-state index contributed by atoms with van der Waals surface area (Å²) in [4.78, 5) is 16.7. The van der Waals surface area contributed by atoms with Crippen molar-refractivity contribution in [1.82, 2.24) is 0 Å². The van der Waals surface area contributed by atoms with Crippen LogP contribution in [0.5, 0.6) is 11.5 Å². The van der Waals surface area contributed by atoms with Crippen molar-refractivity contribution in [3.05, 3.63) is 56.6 Å². The fourth-order valence-electron chi connectivity index (χ4n) is 1.63. The number of nitro groups is 2. The van der Waals surface area contributed by atoms with Gasteiger partial charge in [0.2, 0.25) is 0 Å². The summed E-state index contributed by atoms with van der Waals surface area (Å²) in [5, 5.41) is 38.3. The Morgan fingerprint density at radius 2 is 0.933 bits per heavy atom. The van der Waals surface area contributed by atoms with Gasteiger partial charge in [0.05, 0.1) is 9.85 Å². The summed E-state index contributed by atoms with van der Waals surface area (Å²) >= 11 is 0. The summed E-state index contributed by atoms with van der Waals surface area (Å²) in [6.07, 6.45) is 0. The van der Waals surface area contributed by atoms with Gasteiger partial charge in [-0.15, -0.1) is 0 Å². The Kier molecular flexibility index (Phi) is 12.2. The summed E-state index contributed by atoms with van der Waals surface area (Å²) in [5.41, 5.74) is -1.14. The monoisotopic (exact) mass is 482 g/mol. The first-order chi connectivity index (χ1) is 12.6. The molecule has 0 amide bonds. The molecule has 0 fully saturated rings. The van der Waals surface area contributed by atoms with Crippen LogP contribution in [0.4, 0.5) is 11.4 Å². The van der Waals surface area contributed by atoms with Crippen LogP contribution in [-0.4, -0.2) is 46.0 Å². The van der Waals surface area contributed by atoms with Crippen LogP contribution >= 0.6 is 0 Å². The number of nitro benzene ring substituents is 2. The summed E-state index contributed by atoms with van der Waals surface area (Å²) in [5.74, 6) is -1.60. The Hall–Kier alpha value is -1.34. The van der Waals surface area contributed by atoms with Crippen LogP contribution in [0, 0.1) is 20.2 Å². The number of benzene rings is 2. The Bertz CT molecular complexity index is 1060. The summed E-state index contributed by atoms with van der Waals surface area (Å²) in [6, 6.07) is 4.37. The third kappa shape index (κ3) is 8.80. The molecular weight excluding hydrogens is 474 g/mol. The molecule has 0 saturated heterocycles. The van der Waals surface area contributed by atoms with Crippen molar-refractivity contribution in [2.24, 2.45) is 0 Å². The van der Waals surface area contributed by atoms with E-state index in [2.05, 4.69) is 0 Å². The van der Waals surface area contributed by atoms with Crippen LogP contribution in [0.2, 0.25) is 0 Å². The first kappa shape index (κ1) is 30.9. The van der Waals surface area contributed by atoms with E-state index in [1.165, 1.54) is 0 Å².